The average Bonchev–Trinajstić information content (AvgIpc) is 2.72. The van der Waals surface area contributed by atoms with Gasteiger partial charge in [0, 0.05) is 17.1 Å². The predicted molar refractivity (Wildman–Crippen MR) is 114 cm³/mol. The average molecular weight is 428 g/mol. The molecule has 0 saturated heterocycles. The number of hydrogen-bond donors (Lipinski definition) is 2. The molecule has 0 aliphatic carbocycles. The lowest BCUT2D eigenvalue weighted by Gasteiger charge is -2.23. The topological polar surface area (TPSA) is 58.0 Å². The van der Waals surface area contributed by atoms with Crippen LogP contribution in [0.15, 0.2) is 60.9 Å². The number of hydrogen-bond acceptors (Lipinski definition) is 4. The van der Waals surface area contributed by atoms with Crippen LogP contribution in [0.5, 0.6) is 5.75 Å². The highest BCUT2D eigenvalue weighted by molar-refractivity contribution is 6.42. The summed E-state index contributed by atoms with van der Waals surface area (Å²) in [5.41, 5.74) is 2.11. The molecule has 2 aromatic carbocycles. The summed E-state index contributed by atoms with van der Waals surface area (Å²) in [5.74, 6) is 0.0616. The number of pyridine rings is 2. The van der Waals surface area contributed by atoms with Crippen LogP contribution < -0.4 is 5.32 Å². The summed E-state index contributed by atoms with van der Waals surface area (Å²) in [6.07, 6.45) is 2.77. The van der Waals surface area contributed by atoms with Gasteiger partial charge in [-0.15, -0.1) is 0 Å². The maximum Gasteiger partial charge on any atom is 0.147 e. The van der Waals surface area contributed by atoms with Gasteiger partial charge in [0.1, 0.15) is 22.9 Å². The molecule has 2 heterocycles. The number of phenolic OH excluding ortho intramolecular Hbond substituents is 1. The third-order valence-electron chi connectivity index (χ3n) is 4.72. The van der Waals surface area contributed by atoms with Gasteiger partial charge in [-0.1, -0.05) is 53.5 Å². The largest absolute Gasteiger partial charge is 0.505 e. The molecular formula is C22H16Cl2FN3O. The number of nitrogens with one attached hydrogen (secondary N) is 1. The number of aryl methyl sites for hydroxylation is 1. The van der Waals surface area contributed by atoms with E-state index in [-0.39, 0.29) is 5.75 Å². The van der Waals surface area contributed by atoms with Crippen molar-refractivity contribution in [2.24, 2.45) is 0 Å². The maximum atomic E-state index is 13.7. The zero-order chi connectivity index (χ0) is 20.5. The molecule has 0 amide bonds. The van der Waals surface area contributed by atoms with Crippen LogP contribution in [0.25, 0.3) is 10.9 Å². The van der Waals surface area contributed by atoms with Gasteiger partial charge in [-0.3, -0.25) is 4.98 Å². The fourth-order valence-electron chi connectivity index (χ4n) is 3.21. The van der Waals surface area contributed by atoms with E-state index in [0.29, 0.717) is 38.1 Å². The number of anilines is 1. The first-order valence-corrected chi connectivity index (χ1v) is 9.60. The van der Waals surface area contributed by atoms with Crippen LogP contribution in [-0.2, 0) is 0 Å². The van der Waals surface area contributed by atoms with E-state index in [1.54, 1.807) is 43.5 Å². The molecule has 4 nitrogen and oxygen atoms in total. The second-order valence-corrected chi connectivity index (χ2v) is 7.40. The zero-order valence-corrected chi connectivity index (χ0v) is 16.8. The molecule has 2 aromatic heterocycles. The van der Waals surface area contributed by atoms with Crippen LogP contribution in [0.3, 0.4) is 0 Å². The molecule has 7 heteroatoms. The zero-order valence-electron chi connectivity index (χ0n) is 15.3. The molecule has 1 unspecified atom stereocenters. The Morgan fingerprint density at radius 2 is 1.86 bits per heavy atom. The minimum atomic E-state index is -0.593. The van der Waals surface area contributed by atoms with E-state index in [0.717, 1.165) is 11.6 Å². The lowest BCUT2D eigenvalue weighted by atomic mass is 9.96. The third-order valence-corrected chi connectivity index (χ3v) is 5.56. The van der Waals surface area contributed by atoms with Gasteiger partial charge in [-0.05, 0) is 36.2 Å². The Bertz CT molecular complexity index is 1220. The summed E-state index contributed by atoms with van der Waals surface area (Å²) in [6, 6.07) is 13.6. The number of nitrogens with zero attached hydrogens (tertiary/aromatic N) is 2. The highest BCUT2D eigenvalue weighted by Crippen LogP contribution is 2.40. The van der Waals surface area contributed by atoms with Crippen LogP contribution in [0.4, 0.5) is 10.2 Å². The van der Waals surface area contributed by atoms with Crippen LogP contribution in [0.1, 0.15) is 22.7 Å². The molecule has 2 N–H and O–H groups in total. The van der Waals surface area contributed by atoms with E-state index in [1.165, 1.54) is 0 Å². The Balaban J connectivity index is 1.89. The number of fused-ring (bicyclic) bond motifs is 1. The van der Waals surface area contributed by atoms with Gasteiger partial charge in [0.15, 0.2) is 0 Å². The molecule has 0 bridgehead atoms. The van der Waals surface area contributed by atoms with E-state index < -0.39 is 11.9 Å². The highest BCUT2D eigenvalue weighted by Gasteiger charge is 2.23. The first-order valence-electron chi connectivity index (χ1n) is 8.85. The van der Waals surface area contributed by atoms with E-state index in [4.69, 9.17) is 23.2 Å². The van der Waals surface area contributed by atoms with Gasteiger partial charge in [0.25, 0.3) is 0 Å². The number of aromatic nitrogens is 2. The fraction of sp³-hybridized carbons (Fsp3) is 0.0909. The van der Waals surface area contributed by atoms with Crippen molar-refractivity contribution in [1.82, 2.24) is 9.97 Å². The van der Waals surface area contributed by atoms with Crippen molar-refractivity contribution in [3.8, 4) is 5.75 Å². The number of phenols is 1. The molecule has 0 aliphatic rings. The summed E-state index contributed by atoms with van der Waals surface area (Å²) in [5, 5.41) is 15.7. The Morgan fingerprint density at radius 1 is 1.03 bits per heavy atom. The van der Waals surface area contributed by atoms with Crippen molar-refractivity contribution in [2.75, 3.05) is 5.32 Å². The minimum Gasteiger partial charge on any atom is -0.505 e. The summed E-state index contributed by atoms with van der Waals surface area (Å²) < 4.78 is 13.7. The molecule has 0 saturated carbocycles. The number of halogens is 3. The highest BCUT2D eigenvalue weighted by atomic mass is 35.5. The lowest BCUT2D eigenvalue weighted by molar-refractivity contribution is 0.471. The van der Waals surface area contributed by atoms with Gasteiger partial charge < -0.3 is 10.4 Å². The number of benzene rings is 2. The van der Waals surface area contributed by atoms with Crippen molar-refractivity contribution < 1.29 is 9.50 Å². The molecule has 0 aliphatic heterocycles. The Morgan fingerprint density at radius 3 is 2.66 bits per heavy atom. The Kier molecular flexibility index (Phi) is 5.26. The van der Waals surface area contributed by atoms with E-state index in [9.17, 15) is 9.50 Å². The molecular weight excluding hydrogens is 412 g/mol. The number of aromatic hydroxyl groups is 1. The van der Waals surface area contributed by atoms with Crippen LogP contribution >= 0.6 is 23.2 Å². The molecule has 0 spiro atoms. The quantitative estimate of drug-likeness (QED) is 0.401. The van der Waals surface area contributed by atoms with Gasteiger partial charge in [0.05, 0.1) is 22.3 Å². The normalized spacial score (nSPS) is 12.1. The minimum absolute atomic E-state index is 0.0236. The van der Waals surface area contributed by atoms with Crippen molar-refractivity contribution in [1.29, 1.82) is 0 Å². The first kappa shape index (κ1) is 19.4. The van der Waals surface area contributed by atoms with Crippen LogP contribution in [0.2, 0.25) is 10.0 Å². The Labute approximate surface area is 177 Å². The molecule has 4 rings (SSSR count). The van der Waals surface area contributed by atoms with Gasteiger partial charge in [-0.25, -0.2) is 9.37 Å². The molecule has 146 valence electrons. The molecule has 0 radical (unpaired) electrons. The summed E-state index contributed by atoms with van der Waals surface area (Å²) in [6.45, 7) is 1.65. The van der Waals surface area contributed by atoms with Crippen molar-refractivity contribution in [2.45, 2.75) is 13.0 Å². The Hall–Kier alpha value is -2.89. The second kappa shape index (κ2) is 7.85. The second-order valence-electron chi connectivity index (χ2n) is 6.62. The lowest BCUT2D eigenvalue weighted by Crippen LogP contribution is -2.14. The standard InChI is InChI=1S/C22H16Cl2FN3O/c1-12-10-18(27-11-17(12)25)28-21(14-5-2-6-16(23)19(14)24)15-8-7-13-4-3-9-26-20(13)22(15)29/h2-11,21,29H,1H3,(H,27,28). The predicted octanol–water partition coefficient (Wildman–Crippen LogP) is 6.29. The smallest absolute Gasteiger partial charge is 0.147 e. The molecule has 1 atom stereocenters. The van der Waals surface area contributed by atoms with E-state index in [2.05, 4.69) is 15.3 Å². The summed E-state index contributed by atoms with van der Waals surface area (Å²) in [4.78, 5) is 8.40. The maximum absolute atomic E-state index is 13.7. The molecule has 0 fully saturated rings. The summed E-state index contributed by atoms with van der Waals surface area (Å²) >= 11 is 12.7. The molecule has 4 aromatic rings. The third kappa shape index (κ3) is 3.71. The van der Waals surface area contributed by atoms with Crippen molar-refractivity contribution in [3.05, 3.63) is 93.5 Å². The number of rotatable bonds is 4. The summed E-state index contributed by atoms with van der Waals surface area (Å²) in [7, 11) is 0. The van der Waals surface area contributed by atoms with Crippen molar-refractivity contribution >= 4 is 39.9 Å². The van der Waals surface area contributed by atoms with Crippen LogP contribution in [-0.4, -0.2) is 15.1 Å². The monoisotopic (exact) mass is 427 g/mol. The van der Waals surface area contributed by atoms with E-state index >= 15 is 0 Å². The van der Waals surface area contributed by atoms with Crippen LogP contribution in [0, 0.1) is 12.7 Å². The first-order chi connectivity index (χ1) is 14.0. The van der Waals surface area contributed by atoms with Gasteiger partial charge in [0.2, 0.25) is 0 Å². The van der Waals surface area contributed by atoms with Crippen molar-refractivity contribution in [3.63, 3.8) is 0 Å². The fourth-order valence-corrected chi connectivity index (χ4v) is 3.63. The SMILES string of the molecule is Cc1cc(NC(c2cccc(Cl)c2Cl)c2ccc3cccnc3c2O)ncc1F. The van der Waals surface area contributed by atoms with Gasteiger partial charge >= 0.3 is 0 Å². The molecule has 29 heavy (non-hydrogen) atoms. The van der Waals surface area contributed by atoms with Gasteiger partial charge in [-0.2, -0.15) is 0 Å². The van der Waals surface area contributed by atoms with E-state index in [1.807, 2.05) is 18.2 Å².